The standard InChI is InChI=1S/C16H15Cl2N3O3S/c1-9-6-10(2)20-16(19-9)25-8-14(23)24-7-13(22)21-15-11(17)4-3-5-12(15)18/h3-6H,7-8H2,1-2H3,(H,21,22). The number of halogens is 2. The molecule has 132 valence electrons. The van der Waals surface area contributed by atoms with Gasteiger partial charge in [0.15, 0.2) is 11.8 Å². The number of ether oxygens (including phenoxy) is 1. The van der Waals surface area contributed by atoms with E-state index < -0.39 is 18.5 Å². The Morgan fingerprint density at radius 1 is 1.16 bits per heavy atom. The third kappa shape index (κ3) is 6.19. The molecule has 2 aromatic rings. The number of aryl methyl sites for hydroxylation is 2. The number of aromatic nitrogens is 2. The van der Waals surface area contributed by atoms with Gasteiger partial charge in [-0.25, -0.2) is 9.97 Å². The summed E-state index contributed by atoms with van der Waals surface area (Å²) in [6.07, 6.45) is 0. The smallest absolute Gasteiger partial charge is 0.316 e. The molecule has 0 unspecified atom stereocenters. The first kappa shape index (κ1) is 19.5. The molecule has 25 heavy (non-hydrogen) atoms. The zero-order valence-electron chi connectivity index (χ0n) is 13.5. The van der Waals surface area contributed by atoms with E-state index >= 15 is 0 Å². The zero-order chi connectivity index (χ0) is 18.4. The molecule has 2 rings (SSSR count). The van der Waals surface area contributed by atoms with E-state index in [1.54, 1.807) is 18.2 Å². The third-order valence-corrected chi connectivity index (χ3v) is 4.32. The van der Waals surface area contributed by atoms with E-state index in [0.717, 1.165) is 23.1 Å². The molecule has 0 radical (unpaired) electrons. The molecular formula is C16H15Cl2N3O3S. The van der Waals surface area contributed by atoms with Crippen molar-refractivity contribution in [1.82, 2.24) is 9.97 Å². The molecule has 0 spiro atoms. The van der Waals surface area contributed by atoms with Gasteiger partial charge in [0.1, 0.15) is 0 Å². The van der Waals surface area contributed by atoms with E-state index in [-0.39, 0.29) is 11.4 Å². The molecular weight excluding hydrogens is 385 g/mol. The van der Waals surface area contributed by atoms with Gasteiger partial charge >= 0.3 is 5.97 Å². The van der Waals surface area contributed by atoms with Crippen molar-refractivity contribution in [2.75, 3.05) is 17.7 Å². The van der Waals surface area contributed by atoms with Crippen molar-refractivity contribution in [3.8, 4) is 0 Å². The second-order valence-corrected chi connectivity index (χ2v) is 6.78. The van der Waals surface area contributed by atoms with Crippen molar-refractivity contribution < 1.29 is 14.3 Å². The van der Waals surface area contributed by atoms with Crippen LogP contribution in [0.2, 0.25) is 10.0 Å². The SMILES string of the molecule is Cc1cc(C)nc(SCC(=O)OCC(=O)Nc2c(Cl)cccc2Cl)n1. The summed E-state index contributed by atoms with van der Waals surface area (Å²) in [6.45, 7) is 3.26. The van der Waals surface area contributed by atoms with Gasteiger partial charge < -0.3 is 10.1 Å². The molecule has 1 amide bonds. The number of thioether (sulfide) groups is 1. The predicted molar refractivity (Wildman–Crippen MR) is 98.3 cm³/mol. The number of anilines is 1. The Morgan fingerprint density at radius 2 is 1.76 bits per heavy atom. The molecule has 0 atom stereocenters. The summed E-state index contributed by atoms with van der Waals surface area (Å²) in [6, 6.07) is 6.68. The number of hydrogen-bond donors (Lipinski definition) is 1. The molecule has 1 heterocycles. The minimum Gasteiger partial charge on any atom is -0.455 e. The summed E-state index contributed by atoms with van der Waals surface area (Å²) in [5, 5.41) is 3.60. The van der Waals surface area contributed by atoms with E-state index in [1.165, 1.54) is 0 Å². The van der Waals surface area contributed by atoms with Crippen LogP contribution in [-0.2, 0) is 14.3 Å². The molecule has 1 N–H and O–H groups in total. The van der Waals surface area contributed by atoms with Crippen LogP contribution in [0, 0.1) is 13.8 Å². The Hall–Kier alpha value is -1.83. The monoisotopic (exact) mass is 399 g/mol. The minimum atomic E-state index is -0.548. The molecule has 0 bridgehead atoms. The Kier molecular flexibility index (Phi) is 7.04. The number of rotatable bonds is 6. The molecule has 0 aliphatic carbocycles. The summed E-state index contributed by atoms with van der Waals surface area (Å²) in [5.41, 5.74) is 1.92. The first-order valence-electron chi connectivity index (χ1n) is 7.19. The van der Waals surface area contributed by atoms with E-state index in [9.17, 15) is 9.59 Å². The maximum atomic E-state index is 11.8. The molecule has 0 aliphatic rings. The number of carbonyl (C=O) groups is 2. The summed E-state index contributed by atoms with van der Waals surface area (Å²) in [4.78, 5) is 32.0. The summed E-state index contributed by atoms with van der Waals surface area (Å²) in [5.74, 6) is -1.08. The van der Waals surface area contributed by atoms with Gasteiger partial charge in [0, 0.05) is 11.4 Å². The molecule has 0 saturated carbocycles. The summed E-state index contributed by atoms with van der Waals surface area (Å²) in [7, 11) is 0. The average Bonchev–Trinajstić information content (AvgIpc) is 2.53. The van der Waals surface area contributed by atoms with Crippen molar-refractivity contribution >= 4 is 52.5 Å². The first-order chi connectivity index (χ1) is 11.8. The highest BCUT2D eigenvalue weighted by atomic mass is 35.5. The lowest BCUT2D eigenvalue weighted by Crippen LogP contribution is -2.22. The van der Waals surface area contributed by atoms with Crippen molar-refractivity contribution in [2.24, 2.45) is 0 Å². The molecule has 1 aromatic heterocycles. The highest BCUT2D eigenvalue weighted by molar-refractivity contribution is 7.99. The van der Waals surface area contributed by atoms with Crippen molar-refractivity contribution in [2.45, 2.75) is 19.0 Å². The topological polar surface area (TPSA) is 81.2 Å². The normalized spacial score (nSPS) is 10.4. The quantitative estimate of drug-likeness (QED) is 0.453. The van der Waals surface area contributed by atoms with Gasteiger partial charge in [-0.2, -0.15) is 0 Å². The Bertz CT molecular complexity index is 762. The zero-order valence-corrected chi connectivity index (χ0v) is 15.8. The number of para-hydroxylation sites is 1. The van der Waals surface area contributed by atoms with Crippen LogP contribution >= 0.6 is 35.0 Å². The van der Waals surface area contributed by atoms with Crippen LogP contribution in [0.5, 0.6) is 0 Å². The van der Waals surface area contributed by atoms with Crippen LogP contribution in [0.4, 0.5) is 5.69 Å². The summed E-state index contributed by atoms with van der Waals surface area (Å²) >= 11 is 13.1. The maximum absolute atomic E-state index is 11.8. The fourth-order valence-corrected chi connectivity index (χ4v) is 3.10. The van der Waals surface area contributed by atoms with E-state index in [1.807, 2.05) is 19.9 Å². The number of amides is 1. The molecule has 1 aromatic carbocycles. The number of nitrogens with zero attached hydrogens (tertiary/aromatic N) is 2. The van der Waals surface area contributed by atoms with Crippen LogP contribution in [0.1, 0.15) is 11.4 Å². The number of benzene rings is 1. The Labute approximate surface area is 159 Å². The van der Waals surface area contributed by atoms with Gasteiger partial charge in [-0.1, -0.05) is 41.0 Å². The van der Waals surface area contributed by atoms with Gasteiger partial charge in [0.05, 0.1) is 21.5 Å². The molecule has 0 aliphatic heterocycles. The lowest BCUT2D eigenvalue weighted by molar-refractivity contribution is -0.144. The van der Waals surface area contributed by atoms with Crippen LogP contribution in [-0.4, -0.2) is 34.2 Å². The first-order valence-corrected chi connectivity index (χ1v) is 8.94. The predicted octanol–water partition coefficient (Wildman–Crippen LogP) is 3.67. The number of carbonyl (C=O) groups excluding carboxylic acids is 2. The lowest BCUT2D eigenvalue weighted by atomic mass is 10.3. The van der Waals surface area contributed by atoms with Crippen LogP contribution in [0.25, 0.3) is 0 Å². The van der Waals surface area contributed by atoms with E-state index in [0.29, 0.717) is 15.2 Å². The van der Waals surface area contributed by atoms with Crippen molar-refractivity contribution in [3.63, 3.8) is 0 Å². The number of nitrogens with one attached hydrogen (secondary N) is 1. The maximum Gasteiger partial charge on any atom is 0.316 e. The largest absolute Gasteiger partial charge is 0.455 e. The lowest BCUT2D eigenvalue weighted by Gasteiger charge is -2.09. The van der Waals surface area contributed by atoms with E-state index in [4.69, 9.17) is 27.9 Å². The highest BCUT2D eigenvalue weighted by Gasteiger charge is 2.13. The van der Waals surface area contributed by atoms with Crippen molar-refractivity contribution in [3.05, 3.63) is 45.7 Å². The minimum absolute atomic E-state index is 0.00300. The molecule has 0 saturated heterocycles. The van der Waals surface area contributed by atoms with Crippen molar-refractivity contribution in [1.29, 1.82) is 0 Å². The van der Waals surface area contributed by atoms with Gasteiger partial charge in [-0.3, -0.25) is 9.59 Å². The Morgan fingerprint density at radius 3 is 2.36 bits per heavy atom. The average molecular weight is 400 g/mol. The Balaban J connectivity index is 1.80. The van der Waals surface area contributed by atoms with E-state index in [2.05, 4.69) is 15.3 Å². The summed E-state index contributed by atoms with van der Waals surface area (Å²) < 4.78 is 4.92. The fraction of sp³-hybridized carbons (Fsp3) is 0.250. The number of hydrogen-bond acceptors (Lipinski definition) is 6. The van der Waals surface area contributed by atoms with Gasteiger partial charge in [-0.05, 0) is 32.0 Å². The number of esters is 1. The highest BCUT2D eigenvalue weighted by Crippen LogP contribution is 2.29. The molecule has 9 heteroatoms. The van der Waals surface area contributed by atoms with Crippen LogP contribution in [0.3, 0.4) is 0 Å². The second-order valence-electron chi connectivity index (χ2n) is 5.03. The van der Waals surface area contributed by atoms with Gasteiger partial charge in [-0.15, -0.1) is 0 Å². The third-order valence-electron chi connectivity index (χ3n) is 2.87. The van der Waals surface area contributed by atoms with Crippen LogP contribution in [0.15, 0.2) is 29.4 Å². The molecule has 0 fully saturated rings. The van der Waals surface area contributed by atoms with Gasteiger partial charge in [0.25, 0.3) is 5.91 Å². The van der Waals surface area contributed by atoms with Crippen LogP contribution < -0.4 is 5.32 Å². The fourth-order valence-electron chi connectivity index (χ4n) is 1.86. The van der Waals surface area contributed by atoms with Gasteiger partial charge in [0.2, 0.25) is 0 Å². The molecule has 6 nitrogen and oxygen atoms in total. The second kappa shape index (κ2) is 9.03.